The van der Waals surface area contributed by atoms with Gasteiger partial charge in [0.05, 0.1) is 11.5 Å². The standard InChI is InChI=1S/C21H26N2O3S2/c1-17-8-9-20(14-18(17)2)27-15-21(24)22-10-12-23(13-11-22)28(25,26)16-19-6-4-3-5-7-19/h3-9,14H,10-13,15-16H2,1-2H3. The summed E-state index contributed by atoms with van der Waals surface area (Å²) < 4.78 is 26.7. The number of rotatable bonds is 6. The number of benzene rings is 2. The van der Waals surface area contributed by atoms with E-state index >= 15 is 0 Å². The zero-order valence-electron chi connectivity index (χ0n) is 16.3. The quantitative estimate of drug-likeness (QED) is 0.677. The van der Waals surface area contributed by atoms with E-state index in [0.717, 1.165) is 10.5 Å². The second-order valence-electron chi connectivity index (χ2n) is 7.06. The lowest BCUT2D eigenvalue weighted by Crippen LogP contribution is -2.51. The average Bonchev–Trinajstić information content (AvgIpc) is 2.69. The van der Waals surface area contributed by atoms with Crippen LogP contribution < -0.4 is 0 Å². The summed E-state index contributed by atoms with van der Waals surface area (Å²) in [4.78, 5) is 15.4. The molecule has 1 heterocycles. The van der Waals surface area contributed by atoms with Crippen LogP contribution in [0, 0.1) is 13.8 Å². The van der Waals surface area contributed by atoms with E-state index in [0.29, 0.717) is 31.9 Å². The minimum Gasteiger partial charge on any atom is -0.339 e. The molecule has 1 amide bonds. The van der Waals surface area contributed by atoms with Crippen LogP contribution in [0.25, 0.3) is 0 Å². The number of sulfonamides is 1. The van der Waals surface area contributed by atoms with Gasteiger partial charge in [0.15, 0.2) is 0 Å². The maximum Gasteiger partial charge on any atom is 0.233 e. The summed E-state index contributed by atoms with van der Waals surface area (Å²) in [7, 11) is -3.36. The molecule has 1 aliphatic heterocycles. The third kappa shape index (κ3) is 5.37. The van der Waals surface area contributed by atoms with Crippen LogP contribution >= 0.6 is 11.8 Å². The molecule has 2 aromatic carbocycles. The fourth-order valence-electron chi connectivity index (χ4n) is 3.13. The van der Waals surface area contributed by atoms with Crippen molar-refractivity contribution >= 4 is 27.7 Å². The van der Waals surface area contributed by atoms with Gasteiger partial charge in [-0.15, -0.1) is 11.8 Å². The number of aryl methyl sites for hydroxylation is 2. The molecule has 0 atom stereocenters. The summed E-state index contributed by atoms with van der Waals surface area (Å²) in [6, 6.07) is 15.4. The molecule has 0 unspecified atom stereocenters. The number of hydrogen-bond acceptors (Lipinski definition) is 4. The van der Waals surface area contributed by atoms with E-state index in [1.165, 1.54) is 27.2 Å². The number of carbonyl (C=O) groups excluding carboxylic acids is 1. The number of piperazine rings is 1. The summed E-state index contributed by atoms with van der Waals surface area (Å²) in [5.74, 6) is 0.437. The van der Waals surface area contributed by atoms with Crippen LogP contribution in [0.1, 0.15) is 16.7 Å². The van der Waals surface area contributed by atoms with Gasteiger partial charge in [0.1, 0.15) is 0 Å². The van der Waals surface area contributed by atoms with Gasteiger partial charge < -0.3 is 4.90 Å². The first-order chi connectivity index (χ1) is 13.3. The molecule has 0 aliphatic carbocycles. The van der Waals surface area contributed by atoms with Crippen LogP contribution in [0.5, 0.6) is 0 Å². The molecule has 0 saturated carbocycles. The first-order valence-electron chi connectivity index (χ1n) is 9.35. The van der Waals surface area contributed by atoms with Crippen molar-refractivity contribution in [1.29, 1.82) is 0 Å². The molecule has 3 rings (SSSR count). The molecule has 0 spiro atoms. The Morgan fingerprint density at radius 2 is 1.64 bits per heavy atom. The van der Waals surface area contributed by atoms with Crippen molar-refractivity contribution in [3.05, 3.63) is 65.2 Å². The number of thioether (sulfide) groups is 1. The van der Waals surface area contributed by atoms with Gasteiger partial charge in [-0.05, 0) is 42.7 Å². The topological polar surface area (TPSA) is 57.7 Å². The van der Waals surface area contributed by atoms with Crippen LogP contribution in [0.2, 0.25) is 0 Å². The third-order valence-electron chi connectivity index (χ3n) is 5.02. The highest BCUT2D eigenvalue weighted by molar-refractivity contribution is 8.00. The highest BCUT2D eigenvalue weighted by Crippen LogP contribution is 2.22. The van der Waals surface area contributed by atoms with E-state index in [9.17, 15) is 13.2 Å². The molecule has 2 aromatic rings. The Morgan fingerprint density at radius 1 is 0.964 bits per heavy atom. The molecule has 1 aliphatic rings. The fraction of sp³-hybridized carbons (Fsp3) is 0.381. The normalized spacial score (nSPS) is 15.6. The number of amides is 1. The van der Waals surface area contributed by atoms with Crippen molar-refractivity contribution in [1.82, 2.24) is 9.21 Å². The van der Waals surface area contributed by atoms with Gasteiger partial charge in [0.25, 0.3) is 0 Å². The Labute approximate surface area is 171 Å². The molecule has 1 fully saturated rings. The van der Waals surface area contributed by atoms with Crippen molar-refractivity contribution in [2.75, 3.05) is 31.9 Å². The lowest BCUT2D eigenvalue weighted by Gasteiger charge is -2.34. The van der Waals surface area contributed by atoms with Gasteiger partial charge in [-0.25, -0.2) is 8.42 Å². The lowest BCUT2D eigenvalue weighted by molar-refractivity contribution is -0.129. The van der Waals surface area contributed by atoms with Crippen molar-refractivity contribution in [2.45, 2.75) is 24.5 Å². The molecule has 0 bridgehead atoms. The Morgan fingerprint density at radius 3 is 2.29 bits per heavy atom. The van der Waals surface area contributed by atoms with Gasteiger partial charge in [-0.3, -0.25) is 4.79 Å². The Bertz CT molecular complexity index is 922. The fourth-order valence-corrected chi connectivity index (χ4v) is 5.54. The highest BCUT2D eigenvalue weighted by atomic mass is 32.2. The van der Waals surface area contributed by atoms with Crippen LogP contribution in [0.3, 0.4) is 0 Å². The molecule has 0 radical (unpaired) electrons. The predicted molar refractivity (Wildman–Crippen MR) is 114 cm³/mol. The minimum atomic E-state index is -3.36. The second-order valence-corrected chi connectivity index (χ2v) is 10.1. The van der Waals surface area contributed by atoms with Crippen molar-refractivity contribution < 1.29 is 13.2 Å². The summed E-state index contributed by atoms with van der Waals surface area (Å²) in [5.41, 5.74) is 3.24. The largest absolute Gasteiger partial charge is 0.339 e. The van der Waals surface area contributed by atoms with Crippen LogP contribution in [-0.4, -0.2) is 55.5 Å². The number of hydrogen-bond donors (Lipinski definition) is 0. The minimum absolute atomic E-state index is 0.00438. The Kier molecular flexibility index (Phi) is 6.80. The van der Waals surface area contributed by atoms with E-state index in [-0.39, 0.29) is 11.7 Å². The smallest absolute Gasteiger partial charge is 0.233 e. The average molecular weight is 419 g/mol. The molecule has 0 N–H and O–H groups in total. The van der Waals surface area contributed by atoms with Crippen molar-refractivity contribution in [3.8, 4) is 0 Å². The number of carbonyl (C=O) groups is 1. The number of nitrogens with zero attached hydrogens (tertiary/aromatic N) is 2. The highest BCUT2D eigenvalue weighted by Gasteiger charge is 2.28. The predicted octanol–water partition coefficient (Wildman–Crippen LogP) is 3.07. The monoisotopic (exact) mass is 418 g/mol. The first kappa shape index (κ1) is 20.9. The van der Waals surface area contributed by atoms with Gasteiger partial charge in [-0.1, -0.05) is 36.4 Å². The summed E-state index contributed by atoms with van der Waals surface area (Å²) >= 11 is 1.53. The molecular weight excluding hydrogens is 392 g/mol. The molecule has 5 nitrogen and oxygen atoms in total. The molecule has 1 saturated heterocycles. The maximum atomic E-state index is 12.6. The molecule has 7 heteroatoms. The van der Waals surface area contributed by atoms with Gasteiger partial charge in [0, 0.05) is 31.1 Å². The van der Waals surface area contributed by atoms with E-state index < -0.39 is 10.0 Å². The van der Waals surface area contributed by atoms with Crippen molar-refractivity contribution in [3.63, 3.8) is 0 Å². The first-order valence-corrected chi connectivity index (χ1v) is 11.9. The van der Waals surface area contributed by atoms with E-state index in [1.807, 2.05) is 36.4 Å². The molecular formula is C21H26N2O3S2. The summed E-state index contributed by atoms with van der Waals surface area (Å²) in [6.45, 7) is 5.74. The SMILES string of the molecule is Cc1ccc(SCC(=O)N2CCN(S(=O)(=O)Cc3ccccc3)CC2)cc1C. The van der Waals surface area contributed by atoms with Crippen LogP contribution in [-0.2, 0) is 20.6 Å². The zero-order chi connectivity index (χ0) is 20.1. The zero-order valence-corrected chi connectivity index (χ0v) is 17.9. The van der Waals surface area contributed by atoms with Gasteiger partial charge in [0.2, 0.25) is 15.9 Å². The third-order valence-corrected chi connectivity index (χ3v) is 7.85. The second kappa shape index (κ2) is 9.11. The van der Waals surface area contributed by atoms with Crippen LogP contribution in [0.4, 0.5) is 0 Å². The van der Waals surface area contributed by atoms with Crippen molar-refractivity contribution in [2.24, 2.45) is 0 Å². The Balaban J connectivity index is 1.50. The maximum absolute atomic E-state index is 12.6. The molecule has 28 heavy (non-hydrogen) atoms. The molecule has 0 aromatic heterocycles. The van der Waals surface area contributed by atoms with Crippen LogP contribution in [0.15, 0.2) is 53.4 Å². The molecule has 150 valence electrons. The van der Waals surface area contributed by atoms with E-state index in [4.69, 9.17) is 0 Å². The van der Waals surface area contributed by atoms with Gasteiger partial charge >= 0.3 is 0 Å². The summed E-state index contributed by atoms with van der Waals surface area (Å²) in [6.07, 6.45) is 0. The van der Waals surface area contributed by atoms with E-state index in [1.54, 1.807) is 4.90 Å². The summed E-state index contributed by atoms with van der Waals surface area (Å²) in [5, 5.41) is 0. The lowest BCUT2D eigenvalue weighted by atomic mass is 10.1. The Hall–Kier alpha value is -1.83. The van der Waals surface area contributed by atoms with E-state index in [2.05, 4.69) is 26.0 Å². The van der Waals surface area contributed by atoms with Gasteiger partial charge in [-0.2, -0.15) is 4.31 Å².